The molecule has 4 aromatic rings. The Morgan fingerprint density at radius 1 is 1.04 bits per heavy atom. The number of rotatable bonds is 12. The fourth-order valence-electron chi connectivity index (χ4n) is 5.30. The molecule has 2 N–H and O–H groups in total. The third kappa shape index (κ3) is 8.26. The van der Waals surface area contributed by atoms with Crippen molar-refractivity contribution in [3.8, 4) is 5.75 Å². The van der Waals surface area contributed by atoms with Crippen molar-refractivity contribution in [2.75, 3.05) is 53.0 Å². The molecule has 0 radical (unpaired) electrons. The Kier molecular flexibility index (Phi) is 10.9. The van der Waals surface area contributed by atoms with Crippen LogP contribution in [0.2, 0.25) is 0 Å². The minimum atomic E-state index is -0.706. The van der Waals surface area contributed by atoms with Gasteiger partial charge in [-0.25, -0.2) is 9.18 Å². The molecule has 1 aliphatic rings. The first kappa shape index (κ1) is 32.6. The summed E-state index contributed by atoms with van der Waals surface area (Å²) in [7, 11) is 1.56. The smallest absolute Gasteiger partial charge is 0.409 e. The average molecular weight is 632 g/mol. The summed E-state index contributed by atoms with van der Waals surface area (Å²) in [5, 5.41) is 13.9. The quantitative estimate of drug-likeness (QED) is 0.228. The number of hydrogen-bond acceptors (Lipinski definition) is 8. The Hall–Kier alpha value is -4.81. The van der Waals surface area contributed by atoms with Crippen molar-refractivity contribution in [1.82, 2.24) is 24.7 Å². The highest BCUT2D eigenvalue weighted by Crippen LogP contribution is 2.26. The number of benzene rings is 2. The summed E-state index contributed by atoms with van der Waals surface area (Å²) in [6, 6.07) is 17.0. The van der Waals surface area contributed by atoms with E-state index in [9.17, 15) is 23.9 Å². The summed E-state index contributed by atoms with van der Waals surface area (Å²) in [6.07, 6.45) is 2.04. The number of amides is 2. The van der Waals surface area contributed by atoms with Gasteiger partial charge in [-0.2, -0.15) is 0 Å². The lowest BCUT2D eigenvalue weighted by Crippen LogP contribution is -2.39. The fourth-order valence-corrected chi connectivity index (χ4v) is 5.30. The van der Waals surface area contributed by atoms with E-state index in [1.54, 1.807) is 31.4 Å². The minimum Gasteiger partial charge on any atom is -0.505 e. The van der Waals surface area contributed by atoms with Crippen LogP contribution in [0, 0.1) is 5.82 Å². The number of halogens is 1. The van der Waals surface area contributed by atoms with Crippen LogP contribution in [0.15, 0.2) is 71.7 Å². The van der Waals surface area contributed by atoms with E-state index < -0.39 is 28.9 Å². The van der Waals surface area contributed by atoms with Crippen molar-refractivity contribution in [3.05, 3.63) is 105 Å². The van der Waals surface area contributed by atoms with Gasteiger partial charge in [0.2, 0.25) is 0 Å². The number of ether oxygens (including phenoxy) is 2. The van der Waals surface area contributed by atoms with Crippen LogP contribution < -0.4 is 10.9 Å². The van der Waals surface area contributed by atoms with Crippen molar-refractivity contribution >= 4 is 23.0 Å². The lowest BCUT2D eigenvalue weighted by molar-refractivity contribution is 0.0374. The molecule has 11 nitrogen and oxygen atoms in total. The van der Waals surface area contributed by atoms with E-state index in [-0.39, 0.29) is 31.0 Å². The number of nitrogens with one attached hydrogen (secondary N) is 1. The molecule has 0 bridgehead atoms. The summed E-state index contributed by atoms with van der Waals surface area (Å²) in [6.45, 7) is 4.27. The van der Waals surface area contributed by atoms with Crippen LogP contribution in [-0.2, 0) is 29.0 Å². The van der Waals surface area contributed by atoms with Gasteiger partial charge >= 0.3 is 6.09 Å². The third-order valence-electron chi connectivity index (χ3n) is 7.90. The van der Waals surface area contributed by atoms with Gasteiger partial charge in [0, 0.05) is 46.0 Å². The van der Waals surface area contributed by atoms with Crippen molar-refractivity contribution < 1.29 is 28.6 Å². The first-order valence-electron chi connectivity index (χ1n) is 15.3. The maximum atomic E-state index is 13.8. The third-order valence-corrected chi connectivity index (χ3v) is 7.90. The predicted molar refractivity (Wildman–Crippen MR) is 170 cm³/mol. The average Bonchev–Trinajstić information content (AvgIpc) is 3.07. The predicted octanol–water partition coefficient (Wildman–Crippen LogP) is 3.55. The highest BCUT2D eigenvalue weighted by Gasteiger charge is 2.24. The van der Waals surface area contributed by atoms with E-state index >= 15 is 0 Å². The first-order chi connectivity index (χ1) is 22.3. The highest BCUT2D eigenvalue weighted by molar-refractivity contribution is 6.01. The van der Waals surface area contributed by atoms with Crippen LogP contribution in [0.3, 0.4) is 0 Å². The fraction of sp³-hybridized carbons (Fsp3) is 0.353. The number of aromatic hydroxyl groups is 1. The van der Waals surface area contributed by atoms with Crippen LogP contribution >= 0.6 is 0 Å². The number of aromatic nitrogens is 2. The van der Waals surface area contributed by atoms with Crippen molar-refractivity contribution in [1.29, 1.82) is 0 Å². The molecule has 0 spiro atoms. The summed E-state index contributed by atoms with van der Waals surface area (Å²) >= 11 is 0. The van der Waals surface area contributed by atoms with E-state index in [2.05, 4.69) is 15.2 Å². The number of fused-ring (bicyclic) bond motifs is 1. The molecule has 12 heteroatoms. The largest absolute Gasteiger partial charge is 0.505 e. The normalized spacial score (nSPS) is 13.4. The van der Waals surface area contributed by atoms with Crippen LogP contribution in [-0.4, -0.2) is 89.4 Å². The van der Waals surface area contributed by atoms with Gasteiger partial charge in [0.15, 0.2) is 5.75 Å². The molecule has 1 saturated heterocycles. The Bertz CT molecular complexity index is 1710. The molecule has 242 valence electrons. The standard InChI is InChI=1S/C34H38FN5O6/c1-38(34(44)46-23-25-6-3-2-4-7-25)14-15-40-28-21-26(20-24-8-10-27(35)11-9-24)22-37-30(28)31(41)29(33(40)43)32(42)36-12-5-13-39-16-18-45-19-17-39/h2-4,6-11,21-22,41H,5,12-20,23H2,1H3,(H,36,42). The Balaban J connectivity index is 1.37. The summed E-state index contributed by atoms with van der Waals surface area (Å²) < 4.78 is 25.6. The molecule has 1 fully saturated rings. The highest BCUT2D eigenvalue weighted by atomic mass is 19.1. The maximum Gasteiger partial charge on any atom is 0.409 e. The molecule has 0 saturated carbocycles. The molecule has 2 aromatic heterocycles. The van der Waals surface area contributed by atoms with E-state index in [1.807, 2.05) is 30.3 Å². The number of carbonyl (C=O) groups excluding carboxylic acids is 2. The van der Waals surface area contributed by atoms with Crippen LogP contribution in [0.1, 0.15) is 33.5 Å². The summed E-state index contributed by atoms with van der Waals surface area (Å²) in [4.78, 5) is 47.9. The van der Waals surface area contributed by atoms with Gasteiger partial charge in [-0.3, -0.25) is 19.5 Å². The van der Waals surface area contributed by atoms with Gasteiger partial charge in [-0.05, 0) is 54.3 Å². The van der Waals surface area contributed by atoms with E-state index in [0.717, 1.165) is 30.8 Å². The zero-order chi connectivity index (χ0) is 32.5. The molecule has 46 heavy (non-hydrogen) atoms. The van der Waals surface area contributed by atoms with Gasteiger partial charge < -0.3 is 29.4 Å². The van der Waals surface area contributed by atoms with Gasteiger partial charge in [-0.1, -0.05) is 42.5 Å². The van der Waals surface area contributed by atoms with Crippen molar-refractivity contribution in [3.63, 3.8) is 0 Å². The number of hydrogen-bond donors (Lipinski definition) is 2. The molecule has 2 amide bonds. The molecule has 3 heterocycles. The molecular formula is C34H38FN5O6. The van der Waals surface area contributed by atoms with Crippen molar-refractivity contribution in [2.24, 2.45) is 0 Å². The second-order valence-corrected chi connectivity index (χ2v) is 11.2. The van der Waals surface area contributed by atoms with E-state index in [4.69, 9.17) is 9.47 Å². The number of carbonyl (C=O) groups is 2. The SMILES string of the molecule is CN(CCn1c(=O)c(C(=O)NCCCN2CCOCC2)c(O)c2ncc(Cc3ccc(F)cc3)cc21)C(=O)OCc1ccccc1. The van der Waals surface area contributed by atoms with Gasteiger partial charge in [-0.15, -0.1) is 0 Å². The topological polar surface area (TPSA) is 126 Å². The maximum absolute atomic E-state index is 13.8. The molecule has 0 atom stereocenters. The minimum absolute atomic E-state index is 0.00550. The molecule has 1 aliphatic heterocycles. The zero-order valence-corrected chi connectivity index (χ0v) is 25.8. The monoisotopic (exact) mass is 631 g/mol. The van der Waals surface area contributed by atoms with E-state index in [1.165, 1.54) is 21.6 Å². The Labute approximate surface area is 266 Å². The molecule has 0 unspecified atom stereocenters. The number of likely N-dealkylation sites (N-methyl/N-ethyl adjacent to an activating group) is 1. The lowest BCUT2D eigenvalue weighted by Gasteiger charge is -2.26. The van der Waals surface area contributed by atoms with Gasteiger partial charge in [0.1, 0.15) is 23.5 Å². The number of pyridine rings is 2. The Morgan fingerprint density at radius 2 is 1.78 bits per heavy atom. The van der Waals surface area contributed by atoms with Crippen LogP contribution in [0.25, 0.3) is 11.0 Å². The molecule has 0 aliphatic carbocycles. The van der Waals surface area contributed by atoms with E-state index in [0.29, 0.717) is 43.7 Å². The summed E-state index contributed by atoms with van der Waals surface area (Å²) in [5.74, 6) is -1.56. The number of nitrogens with zero attached hydrogens (tertiary/aromatic N) is 4. The number of morpholine rings is 1. The Morgan fingerprint density at radius 3 is 2.52 bits per heavy atom. The second-order valence-electron chi connectivity index (χ2n) is 11.2. The second kappa shape index (κ2) is 15.5. The lowest BCUT2D eigenvalue weighted by atomic mass is 10.1. The van der Waals surface area contributed by atoms with Crippen LogP contribution in [0.5, 0.6) is 5.75 Å². The van der Waals surface area contributed by atoms with Gasteiger partial charge in [0.25, 0.3) is 11.5 Å². The van der Waals surface area contributed by atoms with Gasteiger partial charge in [0.05, 0.1) is 18.7 Å². The first-order valence-corrected chi connectivity index (χ1v) is 15.3. The summed E-state index contributed by atoms with van der Waals surface area (Å²) in [5.41, 5.74) is 1.64. The van der Waals surface area contributed by atoms with Crippen LogP contribution in [0.4, 0.5) is 9.18 Å². The van der Waals surface area contributed by atoms with Crippen molar-refractivity contribution in [2.45, 2.75) is 26.0 Å². The molecule has 5 rings (SSSR count). The molecular weight excluding hydrogens is 593 g/mol. The zero-order valence-electron chi connectivity index (χ0n) is 25.8. The molecule has 2 aromatic carbocycles.